The highest BCUT2D eigenvalue weighted by Gasteiger charge is 2.20. The number of halogens is 1. The number of hydrogen-bond donors (Lipinski definition) is 2. The fourth-order valence-electron chi connectivity index (χ4n) is 1.85. The molecule has 1 aliphatic rings. The Kier molecular flexibility index (Phi) is 3.46. The molecule has 2 rings (SSSR count). The van der Waals surface area contributed by atoms with Crippen LogP contribution in [-0.2, 0) is 4.79 Å². The molecule has 0 aromatic heterocycles. The number of anilines is 1. The van der Waals surface area contributed by atoms with E-state index in [-0.39, 0.29) is 17.7 Å². The highest BCUT2D eigenvalue weighted by atomic mass is 19.1. The number of methoxy groups -OCH3 is 1. The van der Waals surface area contributed by atoms with E-state index < -0.39 is 5.82 Å². The number of carbonyl (C=O) groups is 1. The van der Waals surface area contributed by atoms with Gasteiger partial charge in [-0.05, 0) is 18.6 Å². The smallest absolute Gasteiger partial charge is 0.220 e. The van der Waals surface area contributed by atoms with Gasteiger partial charge in [-0.3, -0.25) is 4.79 Å². The Bertz CT molecular complexity index is 423. The standard InChI is InChI=1S/C12H15FN2O2/c1-17-11-4-2-8(6-10(11)13)14-7-9-3-5-12(16)15-9/h2,4,6,9,14H,3,5,7H2,1H3,(H,15,16). The molecule has 17 heavy (non-hydrogen) atoms. The summed E-state index contributed by atoms with van der Waals surface area (Å²) in [5.41, 5.74) is 0.685. The van der Waals surface area contributed by atoms with Crippen molar-refractivity contribution in [3.05, 3.63) is 24.0 Å². The monoisotopic (exact) mass is 238 g/mol. The summed E-state index contributed by atoms with van der Waals surface area (Å²) in [6, 6.07) is 4.84. The number of benzene rings is 1. The second-order valence-corrected chi connectivity index (χ2v) is 4.03. The Labute approximate surface area is 99.2 Å². The van der Waals surface area contributed by atoms with Crippen molar-refractivity contribution >= 4 is 11.6 Å². The van der Waals surface area contributed by atoms with Gasteiger partial charge in [-0.15, -0.1) is 0 Å². The zero-order chi connectivity index (χ0) is 12.3. The number of rotatable bonds is 4. The van der Waals surface area contributed by atoms with Crippen LogP contribution in [0.25, 0.3) is 0 Å². The van der Waals surface area contributed by atoms with Crippen molar-refractivity contribution in [3.63, 3.8) is 0 Å². The van der Waals surface area contributed by atoms with E-state index in [4.69, 9.17) is 4.74 Å². The molecule has 0 aliphatic carbocycles. The van der Waals surface area contributed by atoms with Gasteiger partial charge in [0.25, 0.3) is 0 Å². The van der Waals surface area contributed by atoms with Gasteiger partial charge in [0.2, 0.25) is 5.91 Å². The Morgan fingerprint density at radius 3 is 3.00 bits per heavy atom. The van der Waals surface area contributed by atoms with Gasteiger partial charge < -0.3 is 15.4 Å². The number of hydrogen-bond acceptors (Lipinski definition) is 3. The second-order valence-electron chi connectivity index (χ2n) is 4.03. The van der Waals surface area contributed by atoms with E-state index >= 15 is 0 Å². The Hall–Kier alpha value is -1.78. The Morgan fingerprint density at radius 2 is 2.41 bits per heavy atom. The molecular formula is C12H15FN2O2. The molecule has 1 heterocycles. The molecule has 4 nitrogen and oxygen atoms in total. The minimum Gasteiger partial charge on any atom is -0.494 e. The first kappa shape index (κ1) is 11.7. The summed E-state index contributed by atoms with van der Waals surface area (Å²) >= 11 is 0. The van der Waals surface area contributed by atoms with E-state index in [2.05, 4.69) is 10.6 Å². The summed E-state index contributed by atoms with van der Waals surface area (Å²) in [6.07, 6.45) is 1.40. The van der Waals surface area contributed by atoms with Crippen LogP contribution in [0.4, 0.5) is 10.1 Å². The minimum absolute atomic E-state index is 0.0812. The van der Waals surface area contributed by atoms with Gasteiger partial charge in [-0.1, -0.05) is 0 Å². The predicted molar refractivity (Wildman–Crippen MR) is 62.6 cm³/mol. The van der Waals surface area contributed by atoms with E-state index in [0.717, 1.165) is 6.42 Å². The largest absolute Gasteiger partial charge is 0.494 e. The number of ether oxygens (including phenoxy) is 1. The first-order valence-electron chi connectivity index (χ1n) is 5.56. The van der Waals surface area contributed by atoms with Crippen LogP contribution in [0.2, 0.25) is 0 Å². The quantitative estimate of drug-likeness (QED) is 0.836. The molecule has 1 aliphatic heterocycles. The van der Waals surface area contributed by atoms with Gasteiger partial charge in [0.15, 0.2) is 11.6 Å². The lowest BCUT2D eigenvalue weighted by atomic mass is 10.2. The van der Waals surface area contributed by atoms with Gasteiger partial charge in [0.1, 0.15) is 0 Å². The molecule has 5 heteroatoms. The van der Waals surface area contributed by atoms with Gasteiger partial charge >= 0.3 is 0 Å². The molecule has 92 valence electrons. The minimum atomic E-state index is -0.395. The Morgan fingerprint density at radius 1 is 1.59 bits per heavy atom. The third-order valence-electron chi connectivity index (χ3n) is 2.79. The highest BCUT2D eigenvalue weighted by Crippen LogP contribution is 2.20. The lowest BCUT2D eigenvalue weighted by molar-refractivity contribution is -0.119. The Balaban J connectivity index is 1.91. The molecule has 1 saturated heterocycles. The molecule has 0 bridgehead atoms. The van der Waals surface area contributed by atoms with Gasteiger partial charge in [-0.2, -0.15) is 0 Å². The number of amides is 1. The van der Waals surface area contributed by atoms with Crippen LogP contribution in [0, 0.1) is 5.82 Å². The fourth-order valence-corrected chi connectivity index (χ4v) is 1.85. The van der Waals surface area contributed by atoms with Crippen LogP contribution in [0.1, 0.15) is 12.8 Å². The van der Waals surface area contributed by atoms with Crippen LogP contribution in [0.5, 0.6) is 5.75 Å². The summed E-state index contributed by atoms with van der Waals surface area (Å²) in [5, 5.41) is 5.93. The first-order valence-corrected chi connectivity index (χ1v) is 5.56. The average molecular weight is 238 g/mol. The molecule has 1 amide bonds. The van der Waals surface area contributed by atoms with Crippen molar-refractivity contribution in [1.29, 1.82) is 0 Å². The topological polar surface area (TPSA) is 50.4 Å². The molecule has 0 saturated carbocycles. The fraction of sp³-hybridized carbons (Fsp3) is 0.417. The molecular weight excluding hydrogens is 223 g/mol. The molecule has 1 atom stereocenters. The van der Waals surface area contributed by atoms with Crippen molar-refractivity contribution in [2.75, 3.05) is 19.0 Å². The van der Waals surface area contributed by atoms with Crippen molar-refractivity contribution in [3.8, 4) is 5.75 Å². The summed E-state index contributed by atoms with van der Waals surface area (Å²) in [7, 11) is 1.43. The summed E-state index contributed by atoms with van der Waals surface area (Å²) in [4.78, 5) is 11.0. The SMILES string of the molecule is COc1ccc(NCC2CCC(=O)N2)cc1F. The molecule has 1 fully saturated rings. The van der Waals surface area contributed by atoms with Crippen molar-refractivity contribution in [2.24, 2.45) is 0 Å². The maximum atomic E-state index is 13.4. The number of nitrogens with one attached hydrogen (secondary N) is 2. The van der Waals surface area contributed by atoms with Crippen LogP contribution < -0.4 is 15.4 Å². The summed E-state index contributed by atoms with van der Waals surface area (Å²) < 4.78 is 18.2. The van der Waals surface area contributed by atoms with Crippen molar-refractivity contribution in [2.45, 2.75) is 18.9 Å². The molecule has 0 radical (unpaired) electrons. The van der Waals surface area contributed by atoms with Crippen LogP contribution >= 0.6 is 0 Å². The lowest BCUT2D eigenvalue weighted by Gasteiger charge is -2.13. The molecule has 1 aromatic carbocycles. The van der Waals surface area contributed by atoms with Crippen LogP contribution in [0.15, 0.2) is 18.2 Å². The van der Waals surface area contributed by atoms with Gasteiger partial charge in [0, 0.05) is 30.8 Å². The van der Waals surface area contributed by atoms with Crippen molar-refractivity contribution < 1.29 is 13.9 Å². The highest BCUT2D eigenvalue weighted by molar-refractivity contribution is 5.78. The maximum absolute atomic E-state index is 13.4. The average Bonchev–Trinajstić information content (AvgIpc) is 2.73. The molecule has 2 N–H and O–H groups in total. The van der Waals surface area contributed by atoms with E-state index in [9.17, 15) is 9.18 Å². The zero-order valence-corrected chi connectivity index (χ0v) is 9.63. The lowest BCUT2D eigenvalue weighted by Crippen LogP contribution is -2.31. The van der Waals surface area contributed by atoms with E-state index in [1.165, 1.54) is 13.2 Å². The summed E-state index contributed by atoms with van der Waals surface area (Å²) in [5.74, 6) is -0.0876. The first-order chi connectivity index (χ1) is 8.19. The van der Waals surface area contributed by atoms with Gasteiger partial charge in [0.05, 0.1) is 7.11 Å². The molecule has 1 aromatic rings. The van der Waals surface area contributed by atoms with Crippen LogP contribution in [-0.4, -0.2) is 25.6 Å². The summed E-state index contributed by atoms with van der Waals surface area (Å²) in [6.45, 7) is 0.609. The number of carbonyl (C=O) groups excluding carboxylic acids is 1. The van der Waals surface area contributed by atoms with Crippen LogP contribution in [0.3, 0.4) is 0 Å². The second kappa shape index (κ2) is 5.03. The van der Waals surface area contributed by atoms with E-state index in [1.807, 2.05) is 0 Å². The third-order valence-corrected chi connectivity index (χ3v) is 2.79. The van der Waals surface area contributed by atoms with Gasteiger partial charge in [-0.25, -0.2) is 4.39 Å². The molecule has 0 spiro atoms. The van der Waals surface area contributed by atoms with E-state index in [1.54, 1.807) is 12.1 Å². The van der Waals surface area contributed by atoms with Crippen molar-refractivity contribution in [1.82, 2.24) is 5.32 Å². The normalized spacial score (nSPS) is 18.9. The maximum Gasteiger partial charge on any atom is 0.220 e. The third kappa shape index (κ3) is 2.87. The molecule has 1 unspecified atom stereocenters. The van der Waals surface area contributed by atoms with E-state index in [0.29, 0.717) is 18.7 Å². The zero-order valence-electron chi connectivity index (χ0n) is 9.63. The predicted octanol–water partition coefficient (Wildman–Crippen LogP) is 1.52.